The molecule has 7 N–H and O–H groups in total. The summed E-state index contributed by atoms with van der Waals surface area (Å²) in [5, 5.41) is 26.7. The molecule has 3 rings (SSSR count). The normalized spacial score (nSPS) is 20.3. The first-order chi connectivity index (χ1) is 16.1. The predicted molar refractivity (Wildman–Crippen MR) is 123 cm³/mol. The molecule has 184 valence electrons. The van der Waals surface area contributed by atoms with E-state index in [1.807, 2.05) is 0 Å². The summed E-state index contributed by atoms with van der Waals surface area (Å²) in [7, 11) is 0. The highest BCUT2D eigenvalue weighted by Gasteiger charge is 2.58. The molecule has 2 saturated heterocycles. The fourth-order valence-corrected chi connectivity index (χ4v) is 4.76. The lowest BCUT2D eigenvalue weighted by atomic mass is 9.79. The zero-order chi connectivity index (χ0) is 25.0. The lowest BCUT2D eigenvalue weighted by molar-refractivity contribution is -0.170. The number of hydrogen-bond acceptors (Lipinski definition) is 7. The van der Waals surface area contributed by atoms with Gasteiger partial charge in [0.1, 0.15) is 5.84 Å². The molecule has 3 unspecified atom stereocenters. The minimum Gasteiger partial charge on any atom is -0.479 e. The Kier molecular flexibility index (Phi) is 7.52. The number of carboxylic acid groups (broad SMARTS) is 1. The number of benzene rings is 1. The molecule has 0 radical (unpaired) electrons. The van der Waals surface area contributed by atoms with Crippen molar-refractivity contribution in [2.24, 2.45) is 5.73 Å². The van der Waals surface area contributed by atoms with Crippen molar-refractivity contribution in [1.82, 2.24) is 25.8 Å². The standard InChI is InChI=1S/C22H31N7O5/c1-13(27-20(32)16-5-3-15(4-6-16)19(23)24)22(21(33)34,29-10-8-26-12-18(29)31)14(2)28-9-7-25-11-17(28)30/h3-6,13-14,25-26H,7-12H2,1-2H3,(H3,23,24)(H,27,32)(H,33,34). The fraction of sp³-hybridized carbons (Fsp3) is 0.500. The molecule has 34 heavy (non-hydrogen) atoms. The SMILES string of the molecule is CC(NC(=O)c1ccc(C(=N)N)cc1)C(C(=O)O)(C(C)N1CCNCC1=O)N1CCNCC1=O. The number of carbonyl (C=O) groups is 4. The van der Waals surface area contributed by atoms with Gasteiger partial charge in [-0.2, -0.15) is 0 Å². The lowest BCUT2D eigenvalue weighted by Gasteiger charge is -2.52. The molecule has 2 aliphatic heterocycles. The molecule has 3 atom stereocenters. The van der Waals surface area contributed by atoms with Gasteiger partial charge in [0.15, 0.2) is 5.54 Å². The van der Waals surface area contributed by atoms with Crippen molar-refractivity contribution >= 4 is 29.5 Å². The third kappa shape index (κ3) is 4.59. The van der Waals surface area contributed by atoms with E-state index in [0.29, 0.717) is 18.7 Å². The summed E-state index contributed by atoms with van der Waals surface area (Å²) in [4.78, 5) is 54.3. The number of rotatable bonds is 8. The molecular formula is C22H31N7O5. The monoisotopic (exact) mass is 473 g/mol. The van der Waals surface area contributed by atoms with Crippen LogP contribution in [-0.2, 0) is 14.4 Å². The minimum atomic E-state index is -1.90. The van der Waals surface area contributed by atoms with E-state index in [2.05, 4.69) is 16.0 Å². The fourth-order valence-electron chi connectivity index (χ4n) is 4.76. The number of carboxylic acids is 1. The van der Waals surface area contributed by atoms with Crippen LogP contribution >= 0.6 is 0 Å². The topological polar surface area (TPSA) is 181 Å². The van der Waals surface area contributed by atoms with Crippen LogP contribution in [-0.4, -0.2) is 101 Å². The summed E-state index contributed by atoms with van der Waals surface area (Å²) in [5.74, 6) is -2.69. The quantitative estimate of drug-likeness (QED) is 0.188. The molecule has 0 aromatic heterocycles. The first-order valence-electron chi connectivity index (χ1n) is 11.1. The number of amides is 3. The van der Waals surface area contributed by atoms with Crippen molar-refractivity contribution in [3.63, 3.8) is 0 Å². The van der Waals surface area contributed by atoms with E-state index in [0.717, 1.165) is 0 Å². The minimum absolute atomic E-state index is 0.0373. The Morgan fingerprint density at radius 2 is 1.62 bits per heavy atom. The summed E-state index contributed by atoms with van der Waals surface area (Å²) < 4.78 is 0. The number of aliphatic carboxylic acids is 1. The maximum atomic E-state index is 13.0. The Labute approximate surface area is 197 Å². The van der Waals surface area contributed by atoms with Gasteiger partial charge in [-0.3, -0.25) is 19.8 Å². The van der Waals surface area contributed by atoms with Gasteiger partial charge in [0.05, 0.1) is 25.2 Å². The van der Waals surface area contributed by atoms with Gasteiger partial charge in [0.2, 0.25) is 11.8 Å². The van der Waals surface area contributed by atoms with Crippen LogP contribution in [0.25, 0.3) is 0 Å². The molecule has 2 heterocycles. The van der Waals surface area contributed by atoms with Gasteiger partial charge in [-0.1, -0.05) is 12.1 Å². The van der Waals surface area contributed by atoms with Gasteiger partial charge >= 0.3 is 5.97 Å². The zero-order valence-electron chi connectivity index (χ0n) is 19.3. The molecule has 0 bridgehead atoms. The summed E-state index contributed by atoms with van der Waals surface area (Å²) in [6.45, 7) is 4.45. The van der Waals surface area contributed by atoms with Crippen molar-refractivity contribution in [3.8, 4) is 0 Å². The molecule has 1 aromatic carbocycles. The second-order valence-corrected chi connectivity index (χ2v) is 8.48. The van der Waals surface area contributed by atoms with Gasteiger partial charge in [-0.05, 0) is 26.0 Å². The van der Waals surface area contributed by atoms with Crippen LogP contribution < -0.4 is 21.7 Å². The number of amidine groups is 1. The van der Waals surface area contributed by atoms with Crippen LogP contribution in [0.4, 0.5) is 0 Å². The number of carbonyl (C=O) groups excluding carboxylic acids is 3. The molecule has 2 aliphatic rings. The summed E-state index contributed by atoms with van der Waals surface area (Å²) in [5.41, 5.74) is 4.25. The van der Waals surface area contributed by atoms with E-state index >= 15 is 0 Å². The second kappa shape index (κ2) is 10.2. The highest BCUT2D eigenvalue weighted by atomic mass is 16.4. The largest absolute Gasteiger partial charge is 0.479 e. The van der Waals surface area contributed by atoms with Crippen molar-refractivity contribution in [2.75, 3.05) is 39.3 Å². The Morgan fingerprint density at radius 3 is 2.15 bits per heavy atom. The third-order valence-electron chi connectivity index (χ3n) is 6.58. The van der Waals surface area contributed by atoms with Gasteiger partial charge in [0, 0.05) is 37.3 Å². The molecule has 1 aromatic rings. The Bertz CT molecular complexity index is 982. The average Bonchev–Trinajstić information content (AvgIpc) is 2.80. The molecule has 0 saturated carbocycles. The highest BCUT2D eigenvalue weighted by molar-refractivity contribution is 5.99. The number of hydrogen-bond donors (Lipinski definition) is 6. The maximum Gasteiger partial charge on any atom is 0.333 e. The van der Waals surface area contributed by atoms with Gasteiger partial charge in [-0.25, -0.2) is 4.79 Å². The van der Waals surface area contributed by atoms with E-state index in [1.165, 1.54) is 41.0 Å². The van der Waals surface area contributed by atoms with Crippen LogP contribution in [0.3, 0.4) is 0 Å². The zero-order valence-corrected chi connectivity index (χ0v) is 19.3. The van der Waals surface area contributed by atoms with E-state index in [4.69, 9.17) is 11.1 Å². The van der Waals surface area contributed by atoms with Gasteiger partial charge in [0.25, 0.3) is 5.91 Å². The molecule has 12 heteroatoms. The molecule has 12 nitrogen and oxygen atoms in total. The number of nitrogens with two attached hydrogens (primary N) is 1. The van der Waals surface area contributed by atoms with Crippen molar-refractivity contribution in [1.29, 1.82) is 5.41 Å². The molecule has 0 aliphatic carbocycles. The third-order valence-corrected chi connectivity index (χ3v) is 6.58. The molecular weight excluding hydrogens is 442 g/mol. The first-order valence-corrected chi connectivity index (χ1v) is 11.1. The summed E-state index contributed by atoms with van der Waals surface area (Å²) in [6, 6.07) is 4.05. The van der Waals surface area contributed by atoms with E-state index in [-0.39, 0.29) is 43.5 Å². The van der Waals surface area contributed by atoms with Crippen molar-refractivity contribution < 1.29 is 24.3 Å². The lowest BCUT2D eigenvalue weighted by Crippen LogP contribution is -2.77. The Hall–Kier alpha value is -3.51. The van der Waals surface area contributed by atoms with E-state index in [9.17, 15) is 24.3 Å². The molecule has 3 amide bonds. The van der Waals surface area contributed by atoms with Crippen molar-refractivity contribution in [2.45, 2.75) is 31.5 Å². The number of nitrogens with zero attached hydrogens (tertiary/aromatic N) is 2. The average molecular weight is 474 g/mol. The summed E-state index contributed by atoms with van der Waals surface area (Å²) >= 11 is 0. The van der Waals surface area contributed by atoms with Crippen LogP contribution in [0.2, 0.25) is 0 Å². The van der Waals surface area contributed by atoms with Gasteiger partial charge in [-0.15, -0.1) is 0 Å². The van der Waals surface area contributed by atoms with Crippen LogP contribution in [0.15, 0.2) is 24.3 Å². The van der Waals surface area contributed by atoms with Gasteiger partial charge < -0.3 is 36.6 Å². The smallest absolute Gasteiger partial charge is 0.333 e. The van der Waals surface area contributed by atoms with Crippen LogP contribution in [0, 0.1) is 5.41 Å². The summed E-state index contributed by atoms with van der Waals surface area (Å²) in [6.07, 6.45) is 0. The number of piperazine rings is 2. The Morgan fingerprint density at radius 1 is 1.06 bits per heavy atom. The van der Waals surface area contributed by atoms with E-state index in [1.54, 1.807) is 6.92 Å². The molecule has 2 fully saturated rings. The van der Waals surface area contributed by atoms with E-state index < -0.39 is 35.4 Å². The number of nitrogens with one attached hydrogen (secondary N) is 4. The molecule has 0 spiro atoms. The number of nitrogen functional groups attached to an aromatic ring is 1. The van der Waals surface area contributed by atoms with Crippen LogP contribution in [0.5, 0.6) is 0 Å². The second-order valence-electron chi connectivity index (χ2n) is 8.48. The maximum absolute atomic E-state index is 13.0. The highest BCUT2D eigenvalue weighted by Crippen LogP contribution is 2.31. The van der Waals surface area contributed by atoms with Crippen LogP contribution in [0.1, 0.15) is 29.8 Å². The van der Waals surface area contributed by atoms with Crippen molar-refractivity contribution in [3.05, 3.63) is 35.4 Å². The Balaban J connectivity index is 1.99. The predicted octanol–water partition coefficient (Wildman–Crippen LogP) is -1.84. The first kappa shape index (κ1) is 25.1.